The Morgan fingerprint density at radius 1 is 0.468 bits per heavy atom. The zero-order valence-corrected chi connectivity index (χ0v) is 51.8. The number of nitrogens with one attached hydrogen (secondary N) is 1. The van der Waals surface area contributed by atoms with E-state index in [2.05, 4.69) is 99.0 Å². The van der Waals surface area contributed by atoms with Gasteiger partial charge in [0.2, 0.25) is 5.91 Å². The first-order valence-electron chi connectivity index (χ1n) is 31.9. The normalized spacial score (nSPS) is 14.2. The highest BCUT2D eigenvalue weighted by Crippen LogP contribution is 2.38. The van der Waals surface area contributed by atoms with E-state index < -0.39 is 26.6 Å². The fourth-order valence-electron chi connectivity index (χ4n) is 8.85. The smallest absolute Gasteiger partial charge is 0.306 e. The number of ether oxygens (including phenoxy) is 1. The highest BCUT2D eigenvalue weighted by atomic mass is 31.2. The van der Waals surface area contributed by atoms with E-state index >= 15 is 0 Å². The van der Waals surface area contributed by atoms with Crippen LogP contribution in [0, 0.1) is 0 Å². The number of allylic oxidation sites excluding steroid dienone is 13. The third-order valence-electron chi connectivity index (χ3n) is 13.8. The van der Waals surface area contributed by atoms with Crippen molar-refractivity contribution in [2.75, 3.05) is 40.9 Å². The predicted molar refractivity (Wildman–Crippen MR) is 330 cm³/mol. The summed E-state index contributed by atoms with van der Waals surface area (Å²) >= 11 is 0. The second-order valence-corrected chi connectivity index (χ2v) is 24.0. The van der Waals surface area contributed by atoms with E-state index in [1.165, 1.54) is 128 Å². The molecule has 0 saturated carbocycles. The largest absolute Gasteiger partial charge is 0.756 e. The third-order valence-corrected chi connectivity index (χ3v) is 14.8. The quantitative estimate of drug-likeness (QED) is 0.0161. The molecule has 1 N–H and O–H groups in total. The molecule has 446 valence electrons. The number of unbranched alkanes of at least 4 members (excludes halogenated alkanes) is 30. The summed E-state index contributed by atoms with van der Waals surface area (Å²) in [6.45, 7) is 6.77. The van der Waals surface area contributed by atoms with Crippen LogP contribution < -0.4 is 10.2 Å². The molecule has 0 radical (unpaired) electrons. The summed E-state index contributed by atoms with van der Waals surface area (Å²) in [5.41, 5.74) is 0. The molecule has 0 aliphatic heterocycles. The number of carbonyl (C=O) groups is 2. The van der Waals surface area contributed by atoms with Gasteiger partial charge in [0, 0.05) is 12.8 Å². The van der Waals surface area contributed by atoms with Gasteiger partial charge in [0.15, 0.2) is 0 Å². The molecule has 0 fully saturated rings. The van der Waals surface area contributed by atoms with Crippen molar-refractivity contribution < 1.29 is 37.3 Å². The summed E-state index contributed by atoms with van der Waals surface area (Å²) < 4.78 is 30.3. The first-order valence-corrected chi connectivity index (χ1v) is 33.4. The Balaban J connectivity index is 5.27. The van der Waals surface area contributed by atoms with Gasteiger partial charge in [0.1, 0.15) is 19.3 Å². The number of phosphoric acid groups is 1. The van der Waals surface area contributed by atoms with Gasteiger partial charge in [-0.15, -0.1) is 0 Å². The van der Waals surface area contributed by atoms with Crippen LogP contribution in [0.4, 0.5) is 0 Å². The number of quaternary nitrogens is 1. The summed E-state index contributed by atoms with van der Waals surface area (Å²) in [5, 5.41) is 3.02. The minimum Gasteiger partial charge on any atom is -0.756 e. The topological polar surface area (TPSA) is 114 Å². The lowest BCUT2D eigenvalue weighted by atomic mass is 10.0. The van der Waals surface area contributed by atoms with Crippen molar-refractivity contribution in [1.29, 1.82) is 0 Å². The highest BCUT2D eigenvalue weighted by Gasteiger charge is 2.27. The molecule has 0 aliphatic carbocycles. The zero-order valence-electron chi connectivity index (χ0n) is 50.9. The van der Waals surface area contributed by atoms with Crippen molar-refractivity contribution in [1.82, 2.24) is 5.32 Å². The zero-order chi connectivity index (χ0) is 56.4. The molecule has 77 heavy (non-hydrogen) atoms. The van der Waals surface area contributed by atoms with Crippen LogP contribution in [0.25, 0.3) is 0 Å². The average molecular weight is 1100 g/mol. The summed E-state index contributed by atoms with van der Waals surface area (Å²) in [5.74, 6) is -0.566. The van der Waals surface area contributed by atoms with Gasteiger partial charge >= 0.3 is 5.97 Å². The number of nitrogens with zero attached hydrogens (tertiary/aromatic N) is 1. The van der Waals surface area contributed by atoms with E-state index in [0.717, 1.165) is 109 Å². The van der Waals surface area contributed by atoms with E-state index in [9.17, 15) is 19.0 Å². The van der Waals surface area contributed by atoms with E-state index in [1.54, 1.807) is 0 Å². The summed E-state index contributed by atoms with van der Waals surface area (Å²) in [6, 6.07) is -0.903. The molecular formula is C67H121N2O7P. The number of esters is 1. The Hall–Kier alpha value is -2.81. The van der Waals surface area contributed by atoms with E-state index in [-0.39, 0.29) is 24.9 Å². The first-order chi connectivity index (χ1) is 37.4. The number of amides is 1. The molecule has 9 nitrogen and oxygen atoms in total. The predicted octanol–water partition coefficient (Wildman–Crippen LogP) is 19.1. The lowest BCUT2D eigenvalue weighted by Gasteiger charge is -2.30. The Bertz CT molecular complexity index is 1590. The molecule has 0 aromatic heterocycles. The van der Waals surface area contributed by atoms with Crippen molar-refractivity contribution in [3.63, 3.8) is 0 Å². The molecule has 3 unspecified atom stereocenters. The van der Waals surface area contributed by atoms with Crippen molar-refractivity contribution in [2.24, 2.45) is 0 Å². The molecular weight excluding hydrogens is 976 g/mol. The number of rotatable bonds is 57. The van der Waals surface area contributed by atoms with Crippen LogP contribution >= 0.6 is 7.82 Å². The maximum Gasteiger partial charge on any atom is 0.306 e. The van der Waals surface area contributed by atoms with Gasteiger partial charge in [0.25, 0.3) is 7.82 Å². The first kappa shape index (κ1) is 74.2. The Kier molecular flexibility index (Phi) is 54.4. The van der Waals surface area contributed by atoms with Crippen LogP contribution in [0.2, 0.25) is 0 Å². The molecule has 0 saturated heterocycles. The Morgan fingerprint density at radius 3 is 1.29 bits per heavy atom. The minimum absolute atomic E-state index is 0.0299. The number of phosphoric ester groups is 1. The van der Waals surface area contributed by atoms with Crippen LogP contribution in [0.1, 0.15) is 278 Å². The van der Waals surface area contributed by atoms with Gasteiger partial charge in [-0.1, -0.05) is 247 Å². The monoisotopic (exact) mass is 1100 g/mol. The second-order valence-electron chi connectivity index (χ2n) is 22.6. The van der Waals surface area contributed by atoms with Gasteiger partial charge in [-0.3, -0.25) is 14.2 Å². The second kappa shape index (κ2) is 56.5. The standard InChI is InChI=1S/C67H121N2O7P/c1-7-10-13-16-19-22-25-28-30-31-32-33-34-35-36-37-39-41-44-47-50-53-56-59-66(70)68-64(63-75-77(72,73)74-62-61-69(4,5)6)65(58-55-52-49-46-43-40-27-24-21-18-15-12-9-3)76-67(71)60-57-54-51-48-45-42-38-29-26-23-20-17-14-11-8-2/h19-20,22-23,26,28-30,32-33,35-36,55,58,64-65H,7-18,21,24-25,27,31,34,37-54,56-57,59-63H2,1-6H3,(H-,68,70,72,73)/b22-19-,23-20+,29-26+,30-28-,33-32-,36-35-,58-55-. The maximum absolute atomic E-state index is 13.6. The van der Waals surface area contributed by atoms with Crippen molar-refractivity contribution in [3.05, 3.63) is 85.1 Å². The van der Waals surface area contributed by atoms with Crippen LogP contribution in [-0.4, -0.2) is 69.4 Å². The molecule has 0 aliphatic rings. The van der Waals surface area contributed by atoms with Crippen molar-refractivity contribution in [3.8, 4) is 0 Å². The molecule has 0 rings (SSSR count). The number of likely N-dealkylation sites (N-methyl/N-ethyl adjacent to an activating group) is 1. The average Bonchev–Trinajstić information content (AvgIpc) is 3.39. The summed E-state index contributed by atoms with van der Waals surface area (Å²) in [7, 11) is 1.16. The van der Waals surface area contributed by atoms with E-state index in [4.69, 9.17) is 13.8 Å². The molecule has 0 aromatic rings. The Morgan fingerprint density at radius 2 is 0.831 bits per heavy atom. The fraction of sp³-hybridized carbons (Fsp3) is 0.761. The maximum atomic E-state index is 13.6. The van der Waals surface area contributed by atoms with Gasteiger partial charge in [0.05, 0.1) is 33.8 Å². The molecule has 10 heteroatoms. The van der Waals surface area contributed by atoms with Crippen LogP contribution in [0.3, 0.4) is 0 Å². The van der Waals surface area contributed by atoms with Crippen LogP contribution in [-0.2, 0) is 27.9 Å². The number of hydrogen-bond donors (Lipinski definition) is 1. The van der Waals surface area contributed by atoms with Gasteiger partial charge in [-0.25, -0.2) is 0 Å². The fourth-order valence-corrected chi connectivity index (χ4v) is 9.57. The van der Waals surface area contributed by atoms with Crippen LogP contribution in [0.15, 0.2) is 85.1 Å². The van der Waals surface area contributed by atoms with E-state index in [1.807, 2.05) is 33.3 Å². The van der Waals surface area contributed by atoms with Crippen LogP contribution in [0.5, 0.6) is 0 Å². The molecule has 3 atom stereocenters. The molecule has 0 bridgehead atoms. The van der Waals surface area contributed by atoms with Crippen molar-refractivity contribution in [2.45, 2.75) is 290 Å². The third kappa shape index (κ3) is 57.7. The summed E-state index contributed by atoms with van der Waals surface area (Å²) in [6.07, 6.45) is 74.0. The highest BCUT2D eigenvalue weighted by molar-refractivity contribution is 7.45. The van der Waals surface area contributed by atoms with Gasteiger partial charge < -0.3 is 28.5 Å². The molecule has 0 heterocycles. The lowest BCUT2D eigenvalue weighted by Crippen LogP contribution is -2.47. The summed E-state index contributed by atoms with van der Waals surface area (Å²) in [4.78, 5) is 40.0. The SMILES string of the molecule is CCCCC/C=C\C/C=C\C/C=C\C/C=C\CCCCCCCCCC(=O)NC(COP(=O)([O-])OCC[N+](C)(C)C)C(/C=C\CCCCCCCCCCCCC)OC(=O)CCCCCCCC/C=C/C=C/CCCCC. The molecule has 0 spiro atoms. The van der Waals surface area contributed by atoms with E-state index in [0.29, 0.717) is 23.9 Å². The Labute approximate surface area is 476 Å². The minimum atomic E-state index is -4.71. The van der Waals surface area contributed by atoms with Crippen molar-refractivity contribution >= 4 is 19.7 Å². The lowest BCUT2D eigenvalue weighted by molar-refractivity contribution is -0.870. The molecule has 0 aromatic carbocycles. The number of hydrogen-bond acceptors (Lipinski definition) is 7. The number of carbonyl (C=O) groups excluding carboxylic acids is 2. The van der Waals surface area contributed by atoms with Gasteiger partial charge in [-0.05, 0) is 102 Å². The van der Waals surface area contributed by atoms with Gasteiger partial charge in [-0.2, -0.15) is 0 Å². The molecule has 1 amide bonds.